The van der Waals surface area contributed by atoms with Crippen LogP contribution < -0.4 is 5.32 Å². The zero-order valence-corrected chi connectivity index (χ0v) is 14.3. The number of anilines is 1. The largest absolute Gasteiger partial charge is 0.346 e. The highest BCUT2D eigenvalue weighted by molar-refractivity contribution is 7.13. The Bertz CT molecular complexity index is 972. The van der Waals surface area contributed by atoms with Gasteiger partial charge in [-0.1, -0.05) is 42.5 Å². The van der Waals surface area contributed by atoms with Crippen molar-refractivity contribution in [2.75, 3.05) is 5.32 Å². The molecule has 4 aromatic rings. The van der Waals surface area contributed by atoms with Crippen LogP contribution in [0.5, 0.6) is 0 Å². The van der Waals surface area contributed by atoms with Crippen molar-refractivity contribution >= 4 is 33.1 Å². The summed E-state index contributed by atoms with van der Waals surface area (Å²) in [5, 5.41) is 7.72. The molecule has 1 unspecified atom stereocenters. The highest BCUT2D eigenvalue weighted by Gasteiger charge is 2.20. The second-order valence-corrected chi connectivity index (χ2v) is 6.70. The Kier molecular flexibility index (Phi) is 4.31. The quantitative estimate of drug-likeness (QED) is 0.568. The standard InChI is InChI=1S/C20H17N3OS/c24-19(22-20-21-10-13-25-20)14-18(23-11-3-4-12-23)17-9-5-7-15-6-1-2-8-16(15)17/h1-13,18H,14H2,(H,21,22,24). The van der Waals surface area contributed by atoms with Crippen molar-refractivity contribution in [1.82, 2.24) is 9.55 Å². The van der Waals surface area contributed by atoms with Gasteiger partial charge < -0.3 is 9.88 Å². The topological polar surface area (TPSA) is 46.9 Å². The fourth-order valence-electron chi connectivity index (χ4n) is 3.10. The van der Waals surface area contributed by atoms with Crippen molar-refractivity contribution < 1.29 is 4.79 Å². The van der Waals surface area contributed by atoms with Gasteiger partial charge in [-0.3, -0.25) is 4.79 Å². The van der Waals surface area contributed by atoms with Crippen molar-refractivity contribution in [2.45, 2.75) is 12.5 Å². The lowest BCUT2D eigenvalue weighted by Crippen LogP contribution is -2.19. The molecule has 1 atom stereocenters. The molecule has 0 spiro atoms. The molecule has 4 rings (SSSR count). The van der Waals surface area contributed by atoms with Gasteiger partial charge in [0.1, 0.15) is 0 Å². The summed E-state index contributed by atoms with van der Waals surface area (Å²) in [6, 6.07) is 18.4. The van der Waals surface area contributed by atoms with E-state index in [1.165, 1.54) is 22.1 Å². The van der Waals surface area contributed by atoms with E-state index in [9.17, 15) is 4.79 Å². The van der Waals surface area contributed by atoms with Crippen molar-refractivity contribution in [3.05, 3.63) is 84.1 Å². The Balaban J connectivity index is 1.70. The molecular weight excluding hydrogens is 330 g/mol. The van der Waals surface area contributed by atoms with Gasteiger partial charge in [-0.05, 0) is 28.5 Å². The molecule has 0 bridgehead atoms. The number of amides is 1. The number of aromatic nitrogens is 2. The summed E-state index contributed by atoms with van der Waals surface area (Å²) in [6.07, 6.45) is 6.04. The fourth-order valence-corrected chi connectivity index (χ4v) is 3.65. The Hall–Kier alpha value is -2.92. The number of carbonyl (C=O) groups excluding carboxylic acids is 1. The van der Waals surface area contributed by atoms with Gasteiger partial charge in [0.05, 0.1) is 12.5 Å². The highest BCUT2D eigenvalue weighted by Crippen LogP contribution is 2.30. The number of hydrogen-bond donors (Lipinski definition) is 1. The van der Waals surface area contributed by atoms with Gasteiger partial charge >= 0.3 is 0 Å². The van der Waals surface area contributed by atoms with Crippen LogP contribution in [-0.2, 0) is 4.79 Å². The second kappa shape index (κ2) is 6.91. The number of nitrogens with one attached hydrogen (secondary N) is 1. The van der Waals surface area contributed by atoms with Gasteiger partial charge in [-0.2, -0.15) is 0 Å². The van der Waals surface area contributed by atoms with Crippen molar-refractivity contribution in [3.8, 4) is 0 Å². The molecule has 0 aliphatic heterocycles. The number of hydrogen-bond acceptors (Lipinski definition) is 3. The van der Waals surface area contributed by atoms with Crippen LogP contribution in [0.3, 0.4) is 0 Å². The molecule has 0 fully saturated rings. The summed E-state index contributed by atoms with van der Waals surface area (Å²) >= 11 is 1.42. The number of rotatable bonds is 5. The van der Waals surface area contributed by atoms with E-state index in [2.05, 4.69) is 39.1 Å². The zero-order valence-electron chi connectivity index (χ0n) is 13.5. The molecule has 0 aliphatic rings. The first-order valence-corrected chi connectivity index (χ1v) is 8.99. The average molecular weight is 347 g/mol. The molecule has 2 aromatic carbocycles. The zero-order chi connectivity index (χ0) is 17.1. The summed E-state index contributed by atoms with van der Waals surface area (Å²) in [4.78, 5) is 16.7. The predicted octanol–water partition coefficient (Wildman–Crippen LogP) is 4.72. The van der Waals surface area contributed by atoms with Gasteiger partial charge in [0.25, 0.3) is 0 Å². The molecule has 0 saturated carbocycles. The molecule has 1 amide bonds. The summed E-state index contributed by atoms with van der Waals surface area (Å²) < 4.78 is 2.09. The number of benzene rings is 2. The van der Waals surface area contributed by atoms with E-state index in [-0.39, 0.29) is 11.9 Å². The first-order valence-electron chi connectivity index (χ1n) is 8.11. The highest BCUT2D eigenvalue weighted by atomic mass is 32.1. The van der Waals surface area contributed by atoms with E-state index in [1.54, 1.807) is 6.20 Å². The summed E-state index contributed by atoms with van der Waals surface area (Å²) in [6.45, 7) is 0. The van der Waals surface area contributed by atoms with Gasteiger partial charge in [-0.15, -0.1) is 11.3 Å². The normalized spacial score (nSPS) is 12.2. The Morgan fingerprint density at radius 2 is 1.88 bits per heavy atom. The molecule has 0 aliphatic carbocycles. The SMILES string of the molecule is O=C(CC(c1cccc2ccccc12)n1cccc1)Nc1nccs1. The number of thiazole rings is 1. The first kappa shape index (κ1) is 15.6. The minimum atomic E-state index is -0.0685. The monoisotopic (exact) mass is 347 g/mol. The fraction of sp³-hybridized carbons (Fsp3) is 0.100. The number of nitrogens with zero attached hydrogens (tertiary/aromatic N) is 2. The third-order valence-electron chi connectivity index (χ3n) is 4.23. The molecule has 25 heavy (non-hydrogen) atoms. The van der Waals surface area contributed by atoms with E-state index in [4.69, 9.17) is 0 Å². The van der Waals surface area contributed by atoms with Crippen LogP contribution in [0.2, 0.25) is 0 Å². The Morgan fingerprint density at radius 3 is 2.68 bits per heavy atom. The lowest BCUT2D eigenvalue weighted by molar-refractivity contribution is -0.116. The van der Waals surface area contributed by atoms with E-state index in [1.807, 2.05) is 48.1 Å². The van der Waals surface area contributed by atoms with Crippen LogP contribution in [0.1, 0.15) is 18.0 Å². The molecule has 4 nitrogen and oxygen atoms in total. The number of carbonyl (C=O) groups is 1. The van der Waals surface area contributed by atoms with Gasteiger partial charge in [0, 0.05) is 24.0 Å². The van der Waals surface area contributed by atoms with Crippen LogP contribution in [0.15, 0.2) is 78.6 Å². The summed E-state index contributed by atoms with van der Waals surface area (Å²) in [5.41, 5.74) is 1.14. The Labute approximate surface area is 149 Å². The third kappa shape index (κ3) is 3.32. The van der Waals surface area contributed by atoms with Crippen LogP contribution in [0, 0.1) is 0 Å². The minimum Gasteiger partial charge on any atom is -0.346 e. The van der Waals surface area contributed by atoms with Crippen molar-refractivity contribution in [3.63, 3.8) is 0 Å². The van der Waals surface area contributed by atoms with Crippen LogP contribution in [0.4, 0.5) is 5.13 Å². The molecule has 2 heterocycles. The van der Waals surface area contributed by atoms with E-state index in [0.717, 1.165) is 5.56 Å². The molecule has 124 valence electrons. The van der Waals surface area contributed by atoms with Crippen molar-refractivity contribution in [2.24, 2.45) is 0 Å². The maximum absolute atomic E-state index is 12.6. The van der Waals surface area contributed by atoms with Gasteiger partial charge in [-0.25, -0.2) is 4.98 Å². The summed E-state index contributed by atoms with van der Waals surface area (Å²) in [5.74, 6) is -0.0402. The molecule has 0 radical (unpaired) electrons. The van der Waals surface area contributed by atoms with E-state index in [0.29, 0.717) is 11.6 Å². The lowest BCUT2D eigenvalue weighted by atomic mass is 9.96. The van der Waals surface area contributed by atoms with Crippen molar-refractivity contribution in [1.29, 1.82) is 0 Å². The summed E-state index contributed by atoms with van der Waals surface area (Å²) in [7, 11) is 0. The number of fused-ring (bicyclic) bond motifs is 1. The predicted molar refractivity (Wildman–Crippen MR) is 102 cm³/mol. The van der Waals surface area contributed by atoms with Gasteiger partial charge in [0.15, 0.2) is 5.13 Å². The second-order valence-electron chi connectivity index (χ2n) is 5.80. The molecule has 0 saturated heterocycles. The Morgan fingerprint density at radius 1 is 1.08 bits per heavy atom. The molecular formula is C20H17N3OS. The maximum atomic E-state index is 12.6. The molecule has 5 heteroatoms. The van der Waals surface area contributed by atoms with E-state index >= 15 is 0 Å². The van der Waals surface area contributed by atoms with E-state index < -0.39 is 0 Å². The third-order valence-corrected chi connectivity index (χ3v) is 4.92. The van der Waals surface area contributed by atoms with Crippen LogP contribution in [0.25, 0.3) is 10.8 Å². The minimum absolute atomic E-state index is 0.0402. The average Bonchev–Trinajstić information content (AvgIpc) is 3.33. The van der Waals surface area contributed by atoms with Crippen LogP contribution >= 0.6 is 11.3 Å². The smallest absolute Gasteiger partial charge is 0.228 e. The maximum Gasteiger partial charge on any atom is 0.228 e. The van der Waals surface area contributed by atoms with Crippen LogP contribution in [-0.4, -0.2) is 15.5 Å². The van der Waals surface area contributed by atoms with Gasteiger partial charge in [0.2, 0.25) is 5.91 Å². The molecule has 1 N–H and O–H groups in total. The first-order chi connectivity index (χ1) is 12.3. The molecule has 2 aromatic heterocycles. The lowest BCUT2D eigenvalue weighted by Gasteiger charge is -2.21.